The van der Waals surface area contributed by atoms with Gasteiger partial charge in [-0.05, 0) is 12.1 Å². The monoisotopic (exact) mass is 205 g/mol. The maximum atomic E-state index is 12.2. The van der Waals surface area contributed by atoms with Crippen molar-refractivity contribution in [3.05, 3.63) is 24.3 Å². The smallest absolute Gasteiger partial charge is 0.491 e. The fourth-order valence-electron chi connectivity index (χ4n) is 0.946. The normalized spacial score (nSPS) is 11.4. The molecule has 78 valence electrons. The molecule has 0 saturated heterocycles. The summed E-state index contributed by atoms with van der Waals surface area (Å²) in [7, 11) is 0. The van der Waals surface area contributed by atoms with E-state index in [1.165, 1.54) is 12.1 Å². The Labute approximate surface area is 79.4 Å². The molecule has 0 saturated carbocycles. The van der Waals surface area contributed by atoms with E-state index in [1.807, 2.05) is 0 Å². The Bertz CT molecular complexity index is 284. The molecule has 1 rings (SSSR count). The summed E-state index contributed by atoms with van der Waals surface area (Å²) in [5.41, 5.74) is -0.652. The van der Waals surface area contributed by atoms with Crippen molar-refractivity contribution in [3.8, 4) is 5.75 Å². The summed E-state index contributed by atoms with van der Waals surface area (Å²) >= 11 is 0. The second kappa shape index (κ2) is 4.37. The molecule has 0 aliphatic rings. The minimum atomic E-state index is -4.94. The lowest BCUT2D eigenvalue weighted by Gasteiger charge is -2.14. The maximum absolute atomic E-state index is 12.2. The van der Waals surface area contributed by atoms with Crippen LogP contribution in [0.15, 0.2) is 24.3 Å². The minimum absolute atomic E-state index is 0.0799. The molecule has 0 unspecified atom stereocenters. The first-order valence-corrected chi connectivity index (χ1v) is 4.07. The molecular weight excluding hydrogens is 196 g/mol. The van der Waals surface area contributed by atoms with Crippen molar-refractivity contribution in [2.24, 2.45) is 0 Å². The van der Waals surface area contributed by atoms with Crippen molar-refractivity contribution >= 4 is 12.4 Å². The third-order valence-electron chi connectivity index (χ3n) is 1.62. The van der Waals surface area contributed by atoms with Gasteiger partial charge in [-0.25, -0.2) is 0 Å². The van der Waals surface area contributed by atoms with Gasteiger partial charge in [0.05, 0.1) is 6.61 Å². The highest BCUT2D eigenvalue weighted by Gasteiger charge is 2.24. The molecule has 0 aliphatic heterocycles. The van der Waals surface area contributed by atoms with Crippen LogP contribution in [0.5, 0.6) is 5.75 Å². The van der Waals surface area contributed by atoms with E-state index in [0.717, 1.165) is 12.1 Å². The van der Waals surface area contributed by atoms with E-state index in [2.05, 4.69) is 0 Å². The molecule has 0 atom stereocenters. The molecule has 2 nitrogen and oxygen atoms in total. The number of hydrogen-bond acceptors (Lipinski definition) is 2. The van der Waals surface area contributed by atoms with Crippen molar-refractivity contribution in [2.45, 2.75) is 0 Å². The number of aliphatic hydroxyl groups excluding tert-OH is 1. The number of benzene rings is 1. The Kier molecular flexibility index (Phi) is 3.40. The van der Waals surface area contributed by atoms with Gasteiger partial charge in [-0.2, -0.15) is 0 Å². The van der Waals surface area contributed by atoms with Crippen molar-refractivity contribution in [1.29, 1.82) is 0 Å². The fourth-order valence-corrected chi connectivity index (χ4v) is 0.946. The number of ether oxygens (including phenoxy) is 1. The topological polar surface area (TPSA) is 29.5 Å². The number of rotatable bonds is 4. The highest BCUT2D eigenvalue weighted by atomic mass is 19.4. The maximum Gasteiger partial charge on any atom is 0.509 e. The van der Waals surface area contributed by atoms with Crippen molar-refractivity contribution in [1.82, 2.24) is 0 Å². The summed E-state index contributed by atoms with van der Waals surface area (Å²) in [4.78, 5) is 0. The molecule has 1 N–H and O–H groups in total. The summed E-state index contributed by atoms with van der Waals surface area (Å²) in [6.07, 6.45) is 0. The van der Waals surface area contributed by atoms with Crippen LogP contribution < -0.4 is 10.2 Å². The number of aliphatic hydroxyl groups is 1. The van der Waals surface area contributed by atoms with Crippen molar-refractivity contribution in [3.63, 3.8) is 0 Å². The van der Waals surface area contributed by atoms with Crippen LogP contribution >= 0.6 is 0 Å². The lowest BCUT2D eigenvalue weighted by molar-refractivity contribution is 0.201. The van der Waals surface area contributed by atoms with Gasteiger partial charge in [0.1, 0.15) is 12.4 Å². The zero-order chi connectivity index (χ0) is 10.6. The molecule has 0 fully saturated rings. The van der Waals surface area contributed by atoms with E-state index in [4.69, 9.17) is 9.84 Å². The average Bonchev–Trinajstić information content (AvgIpc) is 2.14. The zero-order valence-electron chi connectivity index (χ0n) is 7.29. The lowest BCUT2D eigenvalue weighted by Crippen LogP contribution is -2.33. The van der Waals surface area contributed by atoms with E-state index in [0.29, 0.717) is 5.75 Å². The van der Waals surface area contributed by atoms with Crippen LogP contribution in [0.4, 0.5) is 12.9 Å². The minimum Gasteiger partial charge on any atom is -0.491 e. The van der Waals surface area contributed by atoms with Crippen LogP contribution in [0.2, 0.25) is 0 Å². The van der Waals surface area contributed by atoms with Gasteiger partial charge >= 0.3 is 6.98 Å². The third kappa shape index (κ3) is 2.95. The molecule has 6 heteroatoms. The predicted molar refractivity (Wildman–Crippen MR) is 47.7 cm³/mol. The summed E-state index contributed by atoms with van der Waals surface area (Å²) in [6, 6.07) is 4.40. The highest BCUT2D eigenvalue weighted by molar-refractivity contribution is 6.73. The molecule has 0 spiro atoms. The molecule has 0 heterocycles. The van der Waals surface area contributed by atoms with Crippen LogP contribution in [0, 0.1) is 0 Å². The predicted octanol–water partition coefficient (Wildman–Crippen LogP) is 1.11. The van der Waals surface area contributed by atoms with Gasteiger partial charge in [0.2, 0.25) is 0 Å². The van der Waals surface area contributed by atoms with E-state index >= 15 is 0 Å². The fraction of sp³-hybridized carbons (Fsp3) is 0.250. The van der Waals surface area contributed by atoms with Crippen molar-refractivity contribution < 1.29 is 22.8 Å². The lowest BCUT2D eigenvalue weighted by atomic mass is 9.80. The van der Waals surface area contributed by atoms with Crippen LogP contribution in [0.1, 0.15) is 0 Å². The molecule has 1 aromatic carbocycles. The molecule has 0 radical (unpaired) electrons. The van der Waals surface area contributed by atoms with Gasteiger partial charge in [-0.3, -0.25) is 0 Å². The largest absolute Gasteiger partial charge is 0.509 e. The van der Waals surface area contributed by atoms with Gasteiger partial charge in [0.15, 0.2) is 0 Å². The zero-order valence-corrected chi connectivity index (χ0v) is 7.29. The van der Waals surface area contributed by atoms with Gasteiger partial charge in [0.25, 0.3) is 0 Å². The number of hydrogen-bond donors (Lipinski definition) is 1. The Morgan fingerprint density at radius 2 is 1.71 bits per heavy atom. The Hall–Kier alpha value is -1.17. The van der Waals surface area contributed by atoms with Gasteiger partial charge in [0, 0.05) is 0 Å². The van der Waals surface area contributed by atoms with Gasteiger partial charge < -0.3 is 22.8 Å². The molecule has 0 bridgehead atoms. The quantitative estimate of drug-likeness (QED) is 0.746. The first kappa shape index (κ1) is 10.9. The average molecular weight is 205 g/mol. The SMILES string of the molecule is OCCOc1ccc([B-](F)(F)F)cc1. The van der Waals surface area contributed by atoms with Gasteiger partial charge in [-0.15, -0.1) is 5.46 Å². The van der Waals surface area contributed by atoms with Crippen LogP contribution in [0.25, 0.3) is 0 Å². The van der Waals surface area contributed by atoms with Gasteiger partial charge in [-0.1, -0.05) is 12.1 Å². The first-order chi connectivity index (χ1) is 6.54. The van der Waals surface area contributed by atoms with E-state index < -0.39 is 12.4 Å². The molecule has 14 heavy (non-hydrogen) atoms. The molecule has 0 aliphatic carbocycles. The second-order valence-electron chi connectivity index (χ2n) is 2.72. The Morgan fingerprint density at radius 3 is 2.14 bits per heavy atom. The van der Waals surface area contributed by atoms with Crippen LogP contribution in [-0.4, -0.2) is 25.3 Å². The molecule has 0 amide bonds. The van der Waals surface area contributed by atoms with Crippen molar-refractivity contribution in [2.75, 3.05) is 13.2 Å². The molecule has 1 aromatic rings. The van der Waals surface area contributed by atoms with E-state index in [-0.39, 0.29) is 13.2 Å². The van der Waals surface area contributed by atoms with E-state index in [9.17, 15) is 12.9 Å². The molecular formula is C8H9BF3O2-. The summed E-state index contributed by atoms with van der Waals surface area (Å²) < 4.78 is 41.4. The molecule has 0 aromatic heterocycles. The van der Waals surface area contributed by atoms with E-state index in [1.54, 1.807) is 0 Å². The summed E-state index contributed by atoms with van der Waals surface area (Å²) in [5.74, 6) is 0.322. The standard InChI is InChI=1S/C8H9BF3O2/c10-9(11,12)7-1-3-8(4-2-7)14-6-5-13/h1-4,13H,5-6H2/q-1. The summed E-state index contributed by atoms with van der Waals surface area (Å²) in [5, 5.41) is 8.41. The van der Waals surface area contributed by atoms with Crippen LogP contribution in [-0.2, 0) is 0 Å². The Balaban J connectivity index is 2.69. The summed E-state index contributed by atoms with van der Waals surface area (Å²) in [6.45, 7) is -5.02. The third-order valence-corrected chi connectivity index (χ3v) is 1.62. The first-order valence-electron chi connectivity index (χ1n) is 4.07. The highest BCUT2D eigenvalue weighted by Crippen LogP contribution is 2.13. The van der Waals surface area contributed by atoms with Crippen LogP contribution in [0.3, 0.4) is 0 Å². The Morgan fingerprint density at radius 1 is 1.14 bits per heavy atom. The second-order valence-corrected chi connectivity index (χ2v) is 2.72. The number of halogens is 3.